The smallest absolute Gasteiger partial charge is 0.198 e. The van der Waals surface area contributed by atoms with Crippen molar-refractivity contribution < 1.29 is 29.9 Å². The molecule has 0 radical (unpaired) electrons. The Morgan fingerprint density at radius 3 is 1.79 bits per heavy atom. The van der Waals surface area contributed by atoms with Gasteiger partial charge in [0.15, 0.2) is 8.87 Å². The Hall–Kier alpha value is 0.740. The lowest BCUT2D eigenvalue weighted by Gasteiger charge is -2.35. The molecule has 6 heteroatoms. The Kier molecular flexibility index (Phi) is 13.2. The summed E-state index contributed by atoms with van der Waals surface area (Å²) in [6.07, 6.45) is 5.94. The van der Waals surface area contributed by atoms with Crippen LogP contribution >= 0.6 is 10.8 Å². The maximum absolute atomic E-state index is 10.9. The van der Waals surface area contributed by atoms with Gasteiger partial charge >= 0.3 is 0 Å². The van der Waals surface area contributed by atoms with Crippen LogP contribution in [0.4, 0.5) is 0 Å². The van der Waals surface area contributed by atoms with Crippen LogP contribution < -0.4 is 17.0 Å². The lowest BCUT2D eigenvalue weighted by Crippen LogP contribution is -3.00. The molecule has 19 heavy (non-hydrogen) atoms. The number of hydrogen-bond acceptors (Lipinski definition) is 3. The maximum Gasteiger partial charge on any atom is 0.198 e. The standard InChI is InChI=1S/C13H30NO2S2.BrH/c1-5-14(6-2,7-3)12-10-8-9-11-13-17-18(4,15)16;/h5-13H2,1-4H3;1H/q+1;/p-1. The van der Waals surface area contributed by atoms with Crippen LogP contribution in [0, 0.1) is 0 Å². The summed E-state index contributed by atoms with van der Waals surface area (Å²) in [7, 11) is -1.76. The second kappa shape index (κ2) is 11.4. The van der Waals surface area contributed by atoms with Crippen molar-refractivity contribution in [3.05, 3.63) is 0 Å². The number of halogens is 1. The summed E-state index contributed by atoms with van der Waals surface area (Å²) in [6.45, 7) is 11.7. The van der Waals surface area contributed by atoms with E-state index in [0.717, 1.165) is 29.4 Å². The normalized spacial score (nSPS) is 12.2. The van der Waals surface area contributed by atoms with Crippen LogP contribution in [0.3, 0.4) is 0 Å². The molecule has 0 rings (SSSR count). The van der Waals surface area contributed by atoms with Gasteiger partial charge in [-0.15, -0.1) is 0 Å². The van der Waals surface area contributed by atoms with Crippen molar-refractivity contribution in [3.8, 4) is 0 Å². The third-order valence-electron chi connectivity index (χ3n) is 3.84. The van der Waals surface area contributed by atoms with Gasteiger partial charge < -0.3 is 21.5 Å². The van der Waals surface area contributed by atoms with Crippen molar-refractivity contribution in [2.24, 2.45) is 0 Å². The van der Waals surface area contributed by atoms with Crippen molar-refractivity contribution in [1.29, 1.82) is 0 Å². The molecule has 0 fully saturated rings. The number of rotatable bonds is 11. The first-order valence-electron chi connectivity index (χ1n) is 7.08. The summed E-state index contributed by atoms with van der Waals surface area (Å²) in [4.78, 5) is 0. The molecule has 0 aliphatic carbocycles. The van der Waals surface area contributed by atoms with Gasteiger partial charge in [0.2, 0.25) is 0 Å². The van der Waals surface area contributed by atoms with Gasteiger partial charge in [0, 0.05) is 12.0 Å². The third kappa shape index (κ3) is 11.1. The summed E-state index contributed by atoms with van der Waals surface area (Å²) in [5.41, 5.74) is 0. The summed E-state index contributed by atoms with van der Waals surface area (Å²) < 4.78 is 23.1. The molecule has 0 saturated heterocycles. The summed E-state index contributed by atoms with van der Waals surface area (Å²) >= 11 is 0. The molecule has 0 bridgehead atoms. The van der Waals surface area contributed by atoms with Crippen molar-refractivity contribution in [3.63, 3.8) is 0 Å². The molecule has 0 atom stereocenters. The number of nitrogens with zero attached hydrogens (tertiary/aromatic N) is 1. The highest BCUT2D eigenvalue weighted by molar-refractivity contribution is 8.71. The fraction of sp³-hybridized carbons (Fsp3) is 1.00. The molecule has 0 heterocycles. The molecular formula is C13H30BrNO2S2. The summed E-state index contributed by atoms with van der Waals surface area (Å²) in [5, 5.41) is 0. The van der Waals surface area contributed by atoms with Gasteiger partial charge in [0.1, 0.15) is 0 Å². The highest BCUT2D eigenvalue weighted by Crippen LogP contribution is 2.14. The molecule has 0 spiro atoms. The van der Waals surface area contributed by atoms with Crippen molar-refractivity contribution in [1.82, 2.24) is 0 Å². The van der Waals surface area contributed by atoms with E-state index in [-0.39, 0.29) is 17.0 Å². The molecule has 0 aromatic carbocycles. The second-order valence-electron chi connectivity index (χ2n) is 4.95. The topological polar surface area (TPSA) is 34.1 Å². The van der Waals surface area contributed by atoms with E-state index in [2.05, 4.69) is 20.8 Å². The van der Waals surface area contributed by atoms with Crippen LogP contribution in [0.25, 0.3) is 0 Å². The zero-order valence-corrected chi connectivity index (χ0v) is 16.0. The van der Waals surface area contributed by atoms with Gasteiger partial charge in [-0.05, 0) is 50.8 Å². The lowest BCUT2D eigenvalue weighted by molar-refractivity contribution is -0.923. The minimum absolute atomic E-state index is 0. The third-order valence-corrected chi connectivity index (χ3v) is 6.50. The average molecular weight is 376 g/mol. The largest absolute Gasteiger partial charge is 1.00 e. The van der Waals surface area contributed by atoms with E-state index in [1.165, 1.54) is 49.8 Å². The molecule has 3 nitrogen and oxygen atoms in total. The fourth-order valence-electron chi connectivity index (χ4n) is 2.26. The van der Waals surface area contributed by atoms with Gasteiger partial charge in [-0.25, -0.2) is 8.42 Å². The predicted molar refractivity (Wildman–Crippen MR) is 82.5 cm³/mol. The Labute approximate surface area is 134 Å². The number of hydrogen-bond donors (Lipinski definition) is 0. The number of unbranched alkanes of at least 4 members (excludes halogenated alkanes) is 3. The molecule has 0 aliphatic rings. The Morgan fingerprint density at radius 1 is 0.895 bits per heavy atom. The van der Waals surface area contributed by atoms with Gasteiger partial charge in [0.05, 0.1) is 26.2 Å². The number of quaternary nitrogens is 1. The Balaban J connectivity index is 0. The van der Waals surface area contributed by atoms with Gasteiger partial charge in [-0.3, -0.25) is 0 Å². The quantitative estimate of drug-likeness (QED) is 0.292. The van der Waals surface area contributed by atoms with Crippen LogP contribution in [0.1, 0.15) is 46.5 Å². The molecule has 0 aliphatic heterocycles. The van der Waals surface area contributed by atoms with E-state index < -0.39 is 8.87 Å². The van der Waals surface area contributed by atoms with E-state index in [1.807, 2.05) is 0 Å². The molecule has 118 valence electrons. The van der Waals surface area contributed by atoms with Crippen LogP contribution in [-0.2, 0) is 8.87 Å². The monoisotopic (exact) mass is 375 g/mol. The van der Waals surface area contributed by atoms with Gasteiger partial charge in [-0.2, -0.15) is 0 Å². The van der Waals surface area contributed by atoms with Crippen molar-refractivity contribution in [2.75, 3.05) is 38.2 Å². The summed E-state index contributed by atoms with van der Waals surface area (Å²) in [6, 6.07) is 0. The lowest BCUT2D eigenvalue weighted by atomic mass is 10.2. The molecular weight excluding hydrogens is 346 g/mol. The molecule has 0 unspecified atom stereocenters. The second-order valence-corrected chi connectivity index (χ2v) is 9.53. The first-order valence-corrected chi connectivity index (χ1v) is 10.5. The molecule has 0 aromatic heterocycles. The highest BCUT2D eigenvalue weighted by atomic mass is 79.9. The zero-order chi connectivity index (χ0) is 14.1. The highest BCUT2D eigenvalue weighted by Gasteiger charge is 2.19. The van der Waals surface area contributed by atoms with E-state index in [1.54, 1.807) is 0 Å². The van der Waals surface area contributed by atoms with Crippen molar-refractivity contribution in [2.45, 2.75) is 46.5 Å². The van der Waals surface area contributed by atoms with Gasteiger partial charge in [0.25, 0.3) is 0 Å². The Bertz CT molecular complexity index is 296. The Morgan fingerprint density at radius 2 is 1.37 bits per heavy atom. The first kappa shape index (κ1) is 22.0. The van der Waals surface area contributed by atoms with Gasteiger partial charge in [-0.1, -0.05) is 6.42 Å². The molecule has 0 N–H and O–H groups in total. The fourth-order valence-corrected chi connectivity index (χ4v) is 4.14. The van der Waals surface area contributed by atoms with Crippen LogP contribution in [0.5, 0.6) is 0 Å². The molecule has 0 saturated carbocycles. The molecule has 0 aromatic rings. The maximum atomic E-state index is 10.9. The minimum Gasteiger partial charge on any atom is -1.00 e. The SMILES string of the molecule is CC[N+](CC)(CC)CCCCCCSS(C)(=O)=O.[Br-]. The summed E-state index contributed by atoms with van der Waals surface area (Å²) in [5.74, 6) is 0.744. The zero-order valence-electron chi connectivity index (χ0n) is 12.8. The predicted octanol–water partition coefficient (Wildman–Crippen LogP) is 0.120. The molecule has 0 amide bonds. The van der Waals surface area contributed by atoms with E-state index >= 15 is 0 Å². The van der Waals surface area contributed by atoms with E-state index in [4.69, 9.17) is 0 Å². The van der Waals surface area contributed by atoms with Crippen LogP contribution in [0.15, 0.2) is 0 Å². The van der Waals surface area contributed by atoms with Crippen molar-refractivity contribution >= 4 is 19.7 Å². The van der Waals surface area contributed by atoms with E-state index in [9.17, 15) is 8.42 Å². The van der Waals surface area contributed by atoms with Crippen LogP contribution in [-0.4, -0.2) is 51.1 Å². The first-order chi connectivity index (χ1) is 8.39. The average Bonchev–Trinajstić information content (AvgIpc) is 2.32. The van der Waals surface area contributed by atoms with Crippen LogP contribution in [0.2, 0.25) is 0 Å². The minimum atomic E-state index is -2.84. The van der Waals surface area contributed by atoms with E-state index in [0.29, 0.717) is 0 Å².